The molecule has 162 valence electrons. The summed E-state index contributed by atoms with van der Waals surface area (Å²) in [5.41, 5.74) is 2.13. The van der Waals surface area contributed by atoms with E-state index in [0.717, 1.165) is 44.2 Å². The highest BCUT2D eigenvalue weighted by Crippen LogP contribution is 2.14. The normalized spacial score (nSPS) is 15.2. The van der Waals surface area contributed by atoms with Crippen LogP contribution in [-0.4, -0.2) is 77.5 Å². The van der Waals surface area contributed by atoms with Gasteiger partial charge in [-0.25, -0.2) is 0 Å². The Labute approximate surface area is 177 Å². The van der Waals surface area contributed by atoms with E-state index in [1.807, 2.05) is 32.9 Å². The number of anilines is 1. The first kappa shape index (κ1) is 22.0. The molecule has 0 aliphatic carbocycles. The van der Waals surface area contributed by atoms with Crippen molar-refractivity contribution < 1.29 is 14.1 Å². The number of amides is 2. The number of aryl methyl sites for hydroxylation is 1. The van der Waals surface area contributed by atoms with Crippen molar-refractivity contribution in [1.29, 1.82) is 0 Å². The molecule has 1 saturated heterocycles. The van der Waals surface area contributed by atoms with E-state index in [1.54, 1.807) is 23.1 Å². The maximum atomic E-state index is 12.5. The Hall–Kier alpha value is -2.71. The van der Waals surface area contributed by atoms with Crippen LogP contribution in [0, 0.1) is 6.92 Å². The molecule has 1 fully saturated rings. The van der Waals surface area contributed by atoms with Crippen LogP contribution < -0.4 is 5.32 Å². The molecule has 1 aliphatic heterocycles. The fraction of sp³-hybridized carbons (Fsp3) is 0.500. The van der Waals surface area contributed by atoms with Gasteiger partial charge in [0.2, 0.25) is 5.91 Å². The van der Waals surface area contributed by atoms with Gasteiger partial charge in [-0.3, -0.25) is 19.4 Å². The van der Waals surface area contributed by atoms with E-state index in [-0.39, 0.29) is 11.8 Å². The minimum absolute atomic E-state index is 0.0193. The molecule has 2 amide bonds. The van der Waals surface area contributed by atoms with Crippen molar-refractivity contribution in [2.45, 2.75) is 27.3 Å². The lowest BCUT2D eigenvalue weighted by atomic mass is 10.1. The number of rotatable bonds is 8. The van der Waals surface area contributed by atoms with Crippen molar-refractivity contribution in [2.75, 3.05) is 51.1 Å². The summed E-state index contributed by atoms with van der Waals surface area (Å²) in [5.74, 6) is 0.786. The van der Waals surface area contributed by atoms with Crippen molar-refractivity contribution >= 4 is 17.5 Å². The molecule has 2 aromatic rings. The Bertz CT molecular complexity index is 854. The molecule has 0 unspecified atom stereocenters. The van der Waals surface area contributed by atoms with Gasteiger partial charge in [-0.2, -0.15) is 0 Å². The Balaban J connectivity index is 1.47. The van der Waals surface area contributed by atoms with Gasteiger partial charge in [-0.05, 0) is 39.0 Å². The summed E-state index contributed by atoms with van der Waals surface area (Å²) in [6, 6.07) is 9.10. The highest BCUT2D eigenvalue weighted by molar-refractivity contribution is 5.97. The molecule has 8 heteroatoms. The molecular weight excluding hydrogens is 382 g/mol. The van der Waals surface area contributed by atoms with Crippen molar-refractivity contribution in [3.63, 3.8) is 0 Å². The first-order valence-corrected chi connectivity index (χ1v) is 10.5. The Morgan fingerprint density at radius 2 is 1.80 bits per heavy atom. The largest absolute Gasteiger partial charge is 0.360 e. The summed E-state index contributed by atoms with van der Waals surface area (Å²) in [6.07, 6.45) is 0. The van der Waals surface area contributed by atoms with E-state index in [9.17, 15) is 9.59 Å². The van der Waals surface area contributed by atoms with Crippen molar-refractivity contribution in [1.82, 2.24) is 19.9 Å². The van der Waals surface area contributed by atoms with E-state index in [4.69, 9.17) is 4.52 Å². The molecule has 0 atom stereocenters. The molecule has 8 nitrogen and oxygen atoms in total. The highest BCUT2D eigenvalue weighted by atomic mass is 16.5. The van der Waals surface area contributed by atoms with Crippen LogP contribution >= 0.6 is 0 Å². The summed E-state index contributed by atoms with van der Waals surface area (Å²) < 4.78 is 5.28. The van der Waals surface area contributed by atoms with Crippen LogP contribution in [0.5, 0.6) is 0 Å². The van der Waals surface area contributed by atoms with Crippen LogP contribution in [0.4, 0.5) is 5.69 Å². The summed E-state index contributed by atoms with van der Waals surface area (Å²) >= 11 is 0. The van der Waals surface area contributed by atoms with Crippen molar-refractivity contribution in [2.24, 2.45) is 0 Å². The Morgan fingerprint density at radius 3 is 2.43 bits per heavy atom. The van der Waals surface area contributed by atoms with Gasteiger partial charge in [0, 0.05) is 56.6 Å². The smallest absolute Gasteiger partial charge is 0.253 e. The molecule has 1 N–H and O–H groups in total. The predicted octanol–water partition coefficient (Wildman–Crippen LogP) is 2.22. The minimum atomic E-state index is -0.0678. The van der Waals surface area contributed by atoms with Crippen LogP contribution in [-0.2, 0) is 11.3 Å². The molecule has 3 rings (SSSR count). The number of carbonyl (C=O) groups is 2. The van der Waals surface area contributed by atoms with Gasteiger partial charge in [0.05, 0.1) is 18.8 Å². The molecule has 2 heterocycles. The van der Waals surface area contributed by atoms with E-state index in [2.05, 4.69) is 20.3 Å². The Kier molecular flexibility index (Phi) is 7.59. The van der Waals surface area contributed by atoms with Gasteiger partial charge in [0.1, 0.15) is 0 Å². The third-order valence-electron chi connectivity index (χ3n) is 5.33. The number of carbonyl (C=O) groups excluding carboxylic acids is 2. The average molecular weight is 414 g/mol. The molecule has 1 aromatic carbocycles. The number of benzene rings is 1. The number of aromatic nitrogens is 1. The molecule has 0 saturated carbocycles. The predicted molar refractivity (Wildman–Crippen MR) is 115 cm³/mol. The van der Waals surface area contributed by atoms with Crippen LogP contribution in [0.3, 0.4) is 0 Å². The van der Waals surface area contributed by atoms with Crippen LogP contribution in [0.15, 0.2) is 34.9 Å². The van der Waals surface area contributed by atoms with E-state index in [0.29, 0.717) is 30.9 Å². The summed E-state index contributed by atoms with van der Waals surface area (Å²) in [6.45, 7) is 11.6. The molecule has 1 aromatic heterocycles. The molecule has 30 heavy (non-hydrogen) atoms. The summed E-state index contributed by atoms with van der Waals surface area (Å²) in [7, 11) is 0. The zero-order chi connectivity index (χ0) is 21.5. The van der Waals surface area contributed by atoms with Crippen LogP contribution in [0.25, 0.3) is 0 Å². The zero-order valence-electron chi connectivity index (χ0n) is 18.1. The first-order valence-electron chi connectivity index (χ1n) is 10.5. The molecule has 0 spiro atoms. The van der Waals surface area contributed by atoms with Gasteiger partial charge in [-0.15, -0.1) is 0 Å². The summed E-state index contributed by atoms with van der Waals surface area (Å²) in [5, 5.41) is 6.85. The monoisotopic (exact) mass is 413 g/mol. The lowest BCUT2D eigenvalue weighted by Gasteiger charge is -2.33. The maximum absolute atomic E-state index is 12.5. The topological polar surface area (TPSA) is 81.9 Å². The second kappa shape index (κ2) is 10.4. The molecule has 0 radical (unpaired) electrons. The number of nitrogens with one attached hydrogen (secondary N) is 1. The molecule has 0 bridgehead atoms. The fourth-order valence-corrected chi connectivity index (χ4v) is 3.64. The SMILES string of the molecule is CCN(CC)C(=O)c1cccc(NC(=O)CN2CCN(Cc3cc(C)no3)CC2)c1. The molecule has 1 aliphatic rings. The van der Waals surface area contributed by atoms with Crippen molar-refractivity contribution in [3.05, 3.63) is 47.3 Å². The third-order valence-corrected chi connectivity index (χ3v) is 5.33. The van der Waals surface area contributed by atoms with Gasteiger partial charge < -0.3 is 14.7 Å². The quantitative estimate of drug-likeness (QED) is 0.715. The first-order chi connectivity index (χ1) is 14.5. The highest BCUT2D eigenvalue weighted by Gasteiger charge is 2.20. The number of piperazine rings is 1. The summed E-state index contributed by atoms with van der Waals surface area (Å²) in [4.78, 5) is 31.2. The maximum Gasteiger partial charge on any atom is 0.253 e. The number of nitrogens with zero attached hydrogens (tertiary/aromatic N) is 4. The van der Waals surface area contributed by atoms with Gasteiger partial charge >= 0.3 is 0 Å². The fourth-order valence-electron chi connectivity index (χ4n) is 3.64. The minimum Gasteiger partial charge on any atom is -0.360 e. The average Bonchev–Trinajstić information content (AvgIpc) is 3.15. The Morgan fingerprint density at radius 1 is 1.10 bits per heavy atom. The van der Waals surface area contributed by atoms with E-state index in [1.165, 1.54) is 0 Å². The number of hydrogen-bond acceptors (Lipinski definition) is 6. The molecular formula is C22H31N5O3. The third kappa shape index (κ3) is 5.90. The second-order valence-electron chi connectivity index (χ2n) is 7.59. The lowest BCUT2D eigenvalue weighted by Crippen LogP contribution is -2.48. The van der Waals surface area contributed by atoms with Crippen LogP contribution in [0.1, 0.15) is 35.7 Å². The van der Waals surface area contributed by atoms with E-state index < -0.39 is 0 Å². The van der Waals surface area contributed by atoms with Gasteiger partial charge in [0.15, 0.2) is 5.76 Å². The van der Waals surface area contributed by atoms with Crippen molar-refractivity contribution in [3.8, 4) is 0 Å². The second-order valence-corrected chi connectivity index (χ2v) is 7.59. The van der Waals surface area contributed by atoms with E-state index >= 15 is 0 Å². The lowest BCUT2D eigenvalue weighted by molar-refractivity contribution is -0.117. The van der Waals surface area contributed by atoms with Gasteiger partial charge in [-0.1, -0.05) is 11.2 Å². The number of hydrogen-bond donors (Lipinski definition) is 1. The van der Waals surface area contributed by atoms with Gasteiger partial charge in [0.25, 0.3) is 5.91 Å². The van der Waals surface area contributed by atoms with Crippen LogP contribution in [0.2, 0.25) is 0 Å². The zero-order valence-corrected chi connectivity index (χ0v) is 18.1. The standard InChI is InChI=1S/C22H31N5O3/c1-4-27(5-2)22(29)18-7-6-8-19(14-18)23-21(28)16-26-11-9-25(10-12-26)15-20-13-17(3)24-30-20/h6-8,13-14H,4-5,9-12,15-16H2,1-3H3,(H,23,28).